The van der Waals surface area contributed by atoms with Gasteiger partial charge in [-0.3, -0.25) is 14.9 Å². The number of hydrogen-bond donors (Lipinski definition) is 1. The van der Waals surface area contributed by atoms with Crippen LogP contribution in [0, 0.1) is 34.6 Å². The normalized spacial score (nSPS) is 16.4. The molecule has 2 aromatic rings. The van der Waals surface area contributed by atoms with Crippen molar-refractivity contribution in [1.82, 2.24) is 9.62 Å². The number of rotatable bonds is 7. The number of carbonyl (C=O) groups excluding carboxylic acids is 1. The summed E-state index contributed by atoms with van der Waals surface area (Å²) in [5, 5.41) is 13.8. The van der Waals surface area contributed by atoms with E-state index in [1.807, 2.05) is 0 Å². The van der Waals surface area contributed by atoms with Crippen molar-refractivity contribution in [2.45, 2.75) is 44.0 Å². The van der Waals surface area contributed by atoms with E-state index >= 15 is 0 Å². The average molecular weight is 482 g/mol. The van der Waals surface area contributed by atoms with Gasteiger partial charge in [0.2, 0.25) is 15.9 Å². The Hall–Kier alpha value is -2.92. The number of hydrogen-bond acceptors (Lipinski definition) is 5. The summed E-state index contributed by atoms with van der Waals surface area (Å²) in [5.74, 6) is -2.10. The van der Waals surface area contributed by atoms with Crippen LogP contribution in [0.25, 0.3) is 0 Å². The van der Waals surface area contributed by atoms with Gasteiger partial charge in [-0.15, -0.1) is 0 Å². The minimum absolute atomic E-state index is 0.0104. The minimum Gasteiger partial charge on any atom is -0.353 e. The first-order valence-electron chi connectivity index (χ1n) is 10.5. The van der Waals surface area contributed by atoms with E-state index in [2.05, 4.69) is 5.32 Å². The molecule has 1 aliphatic rings. The number of carbonyl (C=O) groups is 1. The number of nitro groups is 1. The van der Waals surface area contributed by atoms with Gasteiger partial charge in [0.05, 0.1) is 9.82 Å². The first-order chi connectivity index (χ1) is 15.5. The lowest BCUT2D eigenvalue weighted by atomic mass is 9.96. The van der Waals surface area contributed by atoms with Crippen molar-refractivity contribution in [1.29, 1.82) is 0 Å². The van der Waals surface area contributed by atoms with Crippen molar-refractivity contribution >= 4 is 21.6 Å². The zero-order valence-electron chi connectivity index (χ0n) is 18.3. The SMILES string of the molecule is Cc1ccc([N+](=O)[O-])cc1S(=O)(=O)N1CCC(C(=O)NC(C)Cc2c(F)cccc2F)CC1. The fourth-order valence-electron chi connectivity index (χ4n) is 3.92. The number of sulfonamides is 1. The summed E-state index contributed by atoms with van der Waals surface area (Å²) < 4.78 is 55.0. The Morgan fingerprint density at radius 3 is 2.39 bits per heavy atom. The molecule has 1 atom stereocenters. The lowest BCUT2D eigenvalue weighted by molar-refractivity contribution is -0.385. The number of nitro benzene ring substituents is 1. The molecular formula is C22H25F2N3O5S. The molecule has 8 nitrogen and oxygen atoms in total. The first kappa shape index (κ1) is 24.7. The fourth-order valence-corrected chi connectivity index (χ4v) is 5.64. The maximum atomic E-state index is 13.8. The maximum Gasteiger partial charge on any atom is 0.270 e. The summed E-state index contributed by atoms with van der Waals surface area (Å²) in [6.07, 6.45) is 0.517. The predicted octanol–water partition coefficient (Wildman–Crippen LogP) is 3.33. The van der Waals surface area contributed by atoms with E-state index in [1.165, 1.54) is 22.5 Å². The molecule has 1 fully saturated rings. The second-order valence-corrected chi connectivity index (χ2v) is 10.1. The molecule has 2 aromatic carbocycles. The smallest absolute Gasteiger partial charge is 0.270 e. The highest BCUT2D eigenvalue weighted by atomic mass is 32.2. The van der Waals surface area contributed by atoms with Gasteiger partial charge < -0.3 is 5.32 Å². The predicted molar refractivity (Wildman–Crippen MR) is 117 cm³/mol. The molecule has 1 heterocycles. The standard InChI is InChI=1S/C22H25F2N3O5S/c1-14-6-7-17(27(29)30)13-21(14)33(31,32)26-10-8-16(9-11-26)22(28)25-15(2)12-18-19(23)4-3-5-20(18)24/h3-7,13,15-16H,8-12H2,1-2H3,(H,25,28). The summed E-state index contributed by atoms with van der Waals surface area (Å²) in [4.78, 5) is 22.9. The minimum atomic E-state index is -3.96. The van der Waals surface area contributed by atoms with E-state index in [9.17, 15) is 32.1 Å². The number of benzene rings is 2. The third kappa shape index (κ3) is 5.53. The van der Waals surface area contributed by atoms with Crippen molar-refractivity contribution in [2.24, 2.45) is 5.92 Å². The molecule has 178 valence electrons. The van der Waals surface area contributed by atoms with Gasteiger partial charge in [0.15, 0.2) is 0 Å². The second-order valence-electron chi connectivity index (χ2n) is 8.20. The molecular weight excluding hydrogens is 456 g/mol. The summed E-state index contributed by atoms with van der Waals surface area (Å²) >= 11 is 0. The Balaban J connectivity index is 1.62. The van der Waals surface area contributed by atoms with Crippen LogP contribution in [0.15, 0.2) is 41.3 Å². The second kappa shape index (κ2) is 9.92. The van der Waals surface area contributed by atoms with Gasteiger partial charge in [-0.1, -0.05) is 12.1 Å². The molecule has 0 spiro atoms. The molecule has 1 amide bonds. The first-order valence-corrected chi connectivity index (χ1v) is 11.9. The fraction of sp³-hybridized carbons (Fsp3) is 0.409. The van der Waals surface area contributed by atoms with Crippen LogP contribution in [0.3, 0.4) is 0 Å². The third-order valence-electron chi connectivity index (χ3n) is 5.79. The van der Waals surface area contributed by atoms with Gasteiger partial charge in [-0.05, 0) is 50.8 Å². The lowest BCUT2D eigenvalue weighted by Crippen LogP contribution is -2.45. The molecule has 1 unspecified atom stereocenters. The Bertz CT molecular complexity index is 1140. The topological polar surface area (TPSA) is 110 Å². The summed E-state index contributed by atoms with van der Waals surface area (Å²) in [6, 6.07) is 6.77. The highest BCUT2D eigenvalue weighted by Gasteiger charge is 2.34. The Labute approximate surface area is 190 Å². The number of piperidine rings is 1. The van der Waals surface area contributed by atoms with Crippen LogP contribution >= 0.6 is 0 Å². The zero-order valence-corrected chi connectivity index (χ0v) is 19.1. The van der Waals surface area contributed by atoms with Gasteiger partial charge in [-0.2, -0.15) is 4.31 Å². The van der Waals surface area contributed by atoms with E-state index in [0.29, 0.717) is 5.56 Å². The van der Waals surface area contributed by atoms with E-state index in [4.69, 9.17) is 0 Å². The number of non-ortho nitro benzene ring substituents is 1. The van der Waals surface area contributed by atoms with Crippen LogP contribution in [-0.2, 0) is 21.2 Å². The highest BCUT2D eigenvalue weighted by Crippen LogP contribution is 2.28. The monoisotopic (exact) mass is 481 g/mol. The molecule has 0 saturated carbocycles. The zero-order chi connectivity index (χ0) is 24.3. The van der Waals surface area contributed by atoms with E-state index in [0.717, 1.165) is 18.2 Å². The number of amides is 1. The van der Waals surface area contributed by atoms with E-state index in [1.54, 1.807) is 13.8 Å². The molecule has 33 heavy (non-hydrogen) atoms. The maximum absolute atomic E-state index is 13.8. The molecule has 0 bridgehead atoms. The molecule has 11 heteroatoms. The number of aryl methyl sites for hydroxylation is 1. The van der Waals surface area contributed by atoms with Crippen LogP contribution in [0.1, 0.15) is 30.9 Å². The lowest BCUT2D eigenvalue weighted by Gasteiger charge is -2.31. The van der Waals surface area contributed by atoms with E-state index < -0.39 is 38.5 Å². The van der Waals surface area contributed by atoms with Crippen molar-refractivity contribution < 1.29 is 26.9 Å². The molecule has 1 saturated heterocycles. The molecule has 0 radical (unpaired) electrons. The summed E-state index contributed by atoms with van der Waals surface area (Å²) in [7, 11) is -3.96. The molecule has 1 N–H and O–H groups in total. The molecule has 0 aliphatic carbocycles. The van der Waals surface area contributed by atoms with Crippen LogP contribution in [-0.4, -0.2) is 42.7 Å². The summed E-state index contributed by atoms with van der Waals surface area (Å²) in [5.41, 5.74) is -0.0121. The molecule has 0 aromatic heterocycles. The largest absolute Gasteiger partial charge is 0.353 e. The van der Waals surface area contributed by atoms with Crippen LogP contribution < -0.4 is 5.32 Å². The van der Waals surface area contributed by atoms with Crippen molar-refractivity contribution in [3.63, 3.8) is 0 Å². The Kier molecular flexibility index (Phi) is 7.43. The molecule has 3 rings (SSSR count). The Morgan fingerprint density at radius 1 is 1.21 bits per heavy atom. The van der Waals surface area contributed by atoms with Gasteiger partial charge in [0, 0.05) is 42.7 Å². The Morgan fingerprint density at radius 2 is 1.82 bits per heavy atom. The molecule has 1 aliphatic heterocycles. The summed E-state index contributed by atoms with van der Waals surface area (Å²) in [6.45, 7) is 3.38. The average Bonchev–Trinajstić information content (AvgIpc) is 2.76. The van der Waals surface area contributed by atoms with Crippen molar-refractivity contribution in [3.05, 3.63) is 69.3 Å². The number of nitrogens with one attached hydrogen (secondary N) is 1. The number of halogens is 2. The van der Waals surface area contributed by atoms with Gasteiger partial charge in [-0.25, -0.2) is 17.2 Å². The van der Waals surface area contributed by atoms with Crippen LogP contribution in [0.4, 0.5) is 14.5 Å². The third-order valence-corrected chi connectivity index (χ3v) is 7.83. The van der Waals surface area contributed by atoms with Crippen molar-refractivity contribution in [3.8, 4) is 0 Å². The highest BCUT2D eigenvalue weighted by molar-refractivity contribution is 7.89. The van der Waals surface area contributed by atoms with Gasteiger partial charge in [0.1, 0.15) is 11.6 Å². The van der Waals surface area contributed by atoms with E-state index in [-0.39, 0.29) is 54.4 Å². The van der Waals surface area contributed by atoms with Gasteiger partial charge in [0.25, 0.3) is 5.69 Å². The van der Waals surface area contributed by atoms with Crippen molar-refractivity contribution in [2.75, 3.05) is 13.1 Å². The van der Waals surface area contributed by atoms with Gasteiger partial charge >= 0.3 is 0 Å². The van der Waals surface area contributed by atoms with Crippen LogP contribution in [0.2, 0.25) is 0 Å². The quantitative estimate of drug-likeness (QED) is 0.482. The number of nitrogens with zero attached hydrogens (tertiary/aromatic N) is 2. The van der Waals surface area contributed by atoms with Crippen LogP contribution in [0.5, 0.6) is 0 Å².